The van der Waals surface area contributed by atoms with E-state index >= 15 is 0 Å². The van der Waals surface area contributed by atoms with Crippen molar-refractivity contribution in [1.29, 1.82) is 0 Å². The fraction of sp³-hybridized carbons (Fsp3) is 0.292. The Morgan fingerprint density at radius 2 is 1.59 bits per heavy atom. The number of hydrogen-bond donors (Lipinski definition) is 0. The van der Waals surface area contributed by atoms with Gasteiger partial charge in [0.05, 0.1) is 18.0 Å². The first-order valence-corrected chi connectivity index (χ1v) is 12.9. The Morgan fingerprint density at radius 1 is 0.938 bits per heavy atom. The van der Waals surface area contributed by atoms with E-state index in [4.69, 9.17) is 11.6 Å². The third-order valence-corrected chi connectivity index (χ3v) is 8.16. The van der Waals surface area contributed by atoms with Crippen molar-refractivity contribution in [3.63, 3.8) is 0 Å². The molecule has 2 aromatic carbocycles. The van der Waals surface area contributed by atoms with Crippen LogP contribution in [0.15, 0.2) is 77.0 Å². The van der Waals surface area contributed by atoms with Crippen LogP contribution >= 0.6 is 22.9 Å². The Hall–Kier alpha value is -2.19. The van der Waals surface area contributed by atoms with Crippen molar-refractivity contribution >= 4 is 38.9 Å². The molecule has 5 nitrogen and oxygen atoms in total. The molecule has 0 saturated carbocycles. The maximum atomic E-state index is 13.5. The molecule has 0 aliphatic rings. The first-order chi connectivity index (χ1) is 15.1. The standard InChI is InChI=1S/C24H27ClN2O3S2/c1-24(2,3)27(32(29,30)22-13-11-20(25)12-14-22)18-23(28)26(17-21-10-7-15-31-21)16-19-8-5-4-6-9-19/h4-15H,16-18H2,1-3H3. The van der Waals surface area contributed by atoms with E-state index in [1.54, 1.807) is 37.0 Å². The van der Waals surface area contributed by atoms with E-state index in [0.717, 1.165) is 10.4 Å². The molecule has 1 aromatic heterocycles. The highest BCUT2D eigenvalue weighted by Gasteiger charge is 2.36. The van der Waals surface area contributed by atoms with Crippen LogP contribution in [0.5, 0.6) is 0 Å². The highest BCUT2D eigenvalue weighted by Crippen LogP contribution is 2.26. The molecule has 1 amide bonds. The van der Waals surface area contributed by atoms with E-state index in [0.29, 0.717) is 18.1 Å². The van der Waals surface area contributed by atoms with Crippen LogP contribution in [0.4, 0.5) is 0 Å². The second-order valence-electron chi connectivity index (χ2n) is 8.45. The SMILES string of the molecule is CC(C)(C)N(CC(=O)N(Cc1ccccc1)Cc1cccs1)S(=O)(=O)c1ccc(Cl)cc1. The van der Waals surface area contributed by atoms with Crippen molar-refractivity contribution in [2.75, 3.05) is 6.54 Å². The highest BCUT2D eigenvalue weighted by molar-refractivity contribution is 7.89. The van der Waals surface area contributed by atoms with Crippen molar-refractivity contribution in [2.24, 2.45) is 0 Å². The summed E-state index contributed by atoms with van der Waals surface area (Å²) in [4.78, 5) is 16.3. The fourth-order valence-electron chi connectivity index (χ4n) is 3.27. The number of halogens is 1. The van der Waals surface area contributed by atoms with Gasteiger partial charge in [0.15, 0.2) is 0 Å². The Kier molecular flexibility index (Phi) is 7.77. The summed E-state index contributed by atoms with van der Waals surface area (Å²) in [6, 6.07) is 19.6. The Labute approximate surface area is 199 Å². The van der Waals surface area contributed by atoms with Gasteiger partial charge in [-0.25, -0.2) is 8.42 Å². The van der Waals surface area contributed by atoms with Crippen LogP contribution in [0.2, 0.25) is 5.02 Å². The van der Waals surface area contributed by atoms with Gasteiger partial charge in [0.2, 0.25) is 15.9 Å². The van der Waals surface area contributed by atoms with Crippen molar-refractivity contribution in [3.8, 4) is 0 Å². The van der Waals surface area contributed by atoms with Crippen LogP contribution in [0.1, 0.15) is 31.2 Å². The lowest BCUT2D eigenvalue weighted by atomic mass is 10.1. The van der Waals surface area contributed by atoms with E-state index in [2.05, 4.69) is 0 Å². The van der Waals surface area contributed by atoms with Gasteiger partial charge in [-0.15, -0.1) is 11.3 Å². The molecule has 0 aliphatic carbocycles. The number of sulfonamides is 1. The largest absolute Gasteiger partial charge is 0.332 e. The number of carbonyl (C=O) groups is 1. The summed E-state index contributed by atoms with van der Waals surface area (Å²) in [7, 11) is -3.91. The van der Waals surface area contributed by atoms with Crippen LogP contribution in [-0.4, -0.2) is 35.6 Å². The molecule has 3 rings (SSSR count). The molecule has 0 atom stereocenters. The second kappa shape index (κ2) is 10.2. The third kappa shape index (κ3) is 6.19. The minimum absolute atomic E-state index is 0.109. The average molecular weight is 491 g/mol. The Balaban J connectivity index is 1.90. The van der Waals surface area contributed by atoms with E-state index in [-0.39, 0.29) is 17.3 Å². The van der Waals surface area contributed by atoms with Crippen LogP contribution in [-0.2, 0) is 27.9 Å². The molecule has 1 heterocycles. The van der Waals surface area contributed by atoms with Gasteiger partial charge in [0, 0.05) is 22.0 Å². The normalized spacial score (nSPS) is 12.2. The average Bonchev–Trinajstić information content (AvgIpc) is 3.24. The van der Waals surface area contributed by atoms with Gasteiger partial charge in [-0.2, -0.15) is 4.31 Å². The molecule has 170 valence electrons. The minimum Gasteiger partial charge on any atom is -0.332 e. The van der Waals surface area contributed by atoms with Crippen molar-refractivity contribution in [2.45, 2.75) is 44.3 Å². The first kappa shape index (κ1) is 24.5. The molecular weight excluding hydrogens is 464 g/mol. The van der Waals surface area contributed by atoms with Gasteiger partial charge in [0.1, 0.15) is 0 Å². The quantitative estimate of drug-likeness (QED) is 0.423. The molecule has 0 bridgehead atoms. The summed E-state index contributed by atoms with van der Waals surface area (Å²) in [5.74, 6) is -0.255. The zero-order chi connectivity index (χ0) is 23.4. The van der Waals surface area contributed by atoms with Crippen molar-refractivity contribution in [1.82, 2.24) is 9.21 Å². The van der Waals surface area contributed by atoms with Gasteiger partial charge in [-0.05, 0) is 62.0 Å². The number of carbonyl (C=O) groups excluding carboxylic acids is 1. The summed E-state index contributed by atoms with van der Waals surface area (Å²) in [6.45, 7) is 5.92. The van der Waals surface area contributed by atoms with E-state index < -0.39 is 15.6 Å². The lowest BCUT2D eigenvalue weighted by molar-refractivity contribution is -0.133. The van der Waals surface area contributed by atoms with Gasteiger partial charge in [-0.1, -0.05) is 48.0 Å². The lowest BCUT2D eigenvalue weighted by Crippen LogP contribution is -2.50. The summed E-state index contributed by atoms with van der Waals surface area (Å²) in [6.07, 6.45) is 0. The van der Waals surface area contributed by atoms with Crippen LogP contribution < -0.4 is 0 Å². The number of nitrogens with zero attached hydrogens (tertiary/aromatic N) is 2. The van der Waals surface area contributed by atoms with Crippen LogP contribution in [0, 0.1) is 0 Å². The smallest absolute Gasteiger partial charge is 0.244 e. The Bertz CT molecular complexity index is 1120. The van der Waals surface area contributed by atoms with E-state index in [1.807, 2.05) is 47.8 Å². The molecule has 0 aliphatic heterocycles. The summed E-state index contributed by atoms with van der Waals surface area (Å²) < 4.78 is 28.1. The molecule has 32 heavy (non-hydrogen) atoms. The second-order valence-corrected chi connectivity index (χ2v) is 11.8. The van der Waals surface area contributed by atoms with Crippen molar-refractivity contribution in [3.05, 3.63) is 87.6 Å². The molecule has 0 radical (unpaired) electrons. The minimum atomic E-state index is -3.91. The predicted octanol–water partition coefficient (Wildman–Crippen LogP) is 5.42. The van der Waals surface area contributed by atoms with Crippen molar-refractivity contribution < 1.29 is 13.2 Å². The number of benzene rings is 2. The number of hydrogen-bond acceptors (Lipinski definition) is 4. The zero-order valence-corrected chi connectivity index (χ0v) is 20.8. The van der Waals surface area contributed by atoms with Gasteiger partial charge < -0.3 is 4.90 Å². The molecule has 3 aromatic rings. The predicted molar refractivity (Wildman–Crippen MR) is 130 cm³/mol. The molecule has 0 saturated heterocycles. The topological polar surface area (TPSA) is 57.7 Å². The lowest BCUT2D eigenvalue weighted by Gasteiger charge is -2.35. The molecular formula is C24H27ClN2O3S2. The van der Waals surface area contributed by atoms with Crippen LogP contribution in [0.3, 0.4) is 0 Å². The summed E-state index contributed by atoms with van der Waals surface area (Å²) >= 11 is 7.50. The number of amides is 1. The van der Waals surface area contributed by atoms with Gasteiger partial charge in [0.25, 0.3) is 0 Å². The van der Waals surface area contributed by atoms with Crippen LogP contribution in [0.25, 0.3) is 0 Å². The summed E-state index contributed by atoms with van der Waals surface area (Å²) in [5.41, 5.74) is 0.190. The molecule has 0 unspecified atom stereocenters. The maximum Gasteiger partial charge on any atom is 0.244 e. The van der Waals surface area contributed by atoms with E-state index in [1.165, 1.54) is 28.6 Å². The van der Waals surface area contributed by atoms with E-state index in [9.17, 15) is 13.2 Å². The zero-order valence-electron chi connectivity index (χ0n) is 18.4. The first-order valence-electron chi connectivity index (χ1n) is 10.2. The molecule has 0 spiro atoms. The van der Waals surface area contributed by atoms with Gasteiger partial charge >= 0.3 is 0 Å². The fourth-order valence-corrected chi connectivity index (χ4v) is 5.85. The maximum absolute atomic E-state index is 13.5. The Morgan fingerprint density at radius 3 is 2.16 bits per heavy atom. The molecule has 0 N–H and O–H groups in total. The summed E-state index contributed by atoms with van der Waals surface area (Å²) in [5, 5.41) is 2.42. The third-order valence-electron chi connectivity index (χ3n) is 4.92. The monoisotopic (exact) mass is 490 g/mol. The van der Waals surface area contributed by atoms with Gasteiger partial charge in [-0.3, -0.25) is 4.79 Å². The molecule has 0 fully saturated rings. The number of rotatable bonds is 8. The molecule has 8 heteroatoms. The number of thiophene rings is 1. The highest BCUT2D eigenvalue weighted by atomic mass is 35.5.